The minimum absolute atomic E-state index is 0.263. The quantitative estimate of drug-likeness (QED) is 0.437. The standard InChI is InChI=1S/C20H21N2SeSi/c1-14-10-11-16-19(18(14)15-8-5-6-13-22(15)2)23-20-17(24(16,3)4)9-7-12-21-20/h5-13H,1-4H3/q+1. The van der Waals surface area contributed by atoms with E-state index in [9.17, 15) is 0 Å². The Morgan fingerprint density at radius 2 is 1.83 bits per heavy atom. The zero-order valence-electron chi connectivity index (χ0n) is 14.5. The zero-order chi connectivity index (χ0) is 16.9. The summed E-state index contributed by atoms with van der Waals surface area (Å²) in [6.45, 7) is 7.17. The second kappa shape index (κ2) is 5.66. The van der Waals surface area contributed by atoms with Gasteiger partial charge in [0, 0.05) is 0 Å². The number of benzene rings is 1. The number of nitrogens with zero attached hydrogens (tertiary/aromatic N) is 2. The predicted octanol–water partition coefficient (Wildman–Crippen LogP) is 0.673. The van der Waals surface area contributed by atoms with Crippen molar-refractivity contribution in [3.8, 4) is 11.3 Å². The minimum atomic E-state index is -1.69. The molecule has 0 aliphatic carbocycles. The van der Waals surface area contributed by atoms with Crippen LogP contribution in [0.5, 0.6) is 0 Å². The summed E-state index contributed by atoms with van der Waals surface area (Å²) in [5.41, 5.74) is 4.09. The van der Waals surface area contributed by atoms with Gasteiger partial charge >= 0.3 is 151 Å². The van der Waals surface area contributed by atoms with Crippen LogP contribution in [-0.4, -0.2) is 28.0 Å². The van der Waals surface area contributed by atoms with E-state index >= 15 is 0 Å². The maximum atomic E-state index is 4.76. The molecule has 3 aromatic rings. The number of pyridine rings is 2. The summed E-state index contributed by atoms with van der Waals surface area (Å²) >= 11 is 0.263. The van der Waals surface area contributed by atoms with Gasteiger partial charge in [0.1, 0.15) is 0 Å². The fourth-order valence-corrected chi connectivity index (χ4v) is 12.1. The van der Waals surface area contributed by atoms with Gasteiger partial charge < -0.3 is 0 Å². The number of rotatable bonds is 1. The van der Waals surface area contributed by atoms with Crippen LogP contribution in [0.3, 0.4) is 0 Å². The van der Waals surface area contributed by atoms with E-state index in [4.69, 9.17) is 4.98 Å². The Hall–Kier alpha value is -1.74. The van der Waals surface area contributed by atoms with Gasteiger partial charge in [-0.1, -0.05) is 0 Å². The van der Waals surface area contributed by atoms with Crippen molar-refractivity contribution in [1.29, 1.82) is 0 Å². The molecule has 0 radical (unpaired) electrons. The van der Waals surface area contributed by atoms with E-state index in [1.54, 1.807) is 9.65 Å². The van der Waals surface area contributed by atoms with Crippen LogP contribution in [0.15, 0.2) is 54.9 Å². The third-order valence-electron chi connectivity index (χ3n) is 4.99. The summed E-state index contributed by atoms with van der Waals surface area (Å²) in [6.07, 6.45) is 4.09. The fraction of sp³-hybridized carbons (Fsp3) is 0.200. The van der Waals surface area contributed by atoms with Crippen LogP contribution >= 0.6 is 0 Å². The molecule has 2 aromatic heterocycles. The molecule has 120 valence electrons. The average Bonchev–Trinajstić information content (AvgIpc) is 2.56. The van der Waals surface area contributed by atoms with E-state index in [1.807, 2.05) is 6.20 Å². The van der Waals surface area contributed by atoms with Crippen LogP contribution in [0.2, 0.25) is 13.1 Å². The Labute approximate surface area is 150 Å². The third kappa shape index (κ3) is 2.29. The molecule has 0 fully saturated rings. The summed E-state index contributed by atoms with van der Waals surface area (Å²) in [6, 6.07) is 15.6. The molecule has 1 aliphatic heterocycles. The number of aromatic nitrogens is 2. The Morgan fingerprint density at radius 3 is 2.62 bits per heavy atom. The van der Waals surface area contributed by atoms with Crippen molar-refractivity contribution in [1.82, 2.24) is 4.98 Å². The molecule has 4 heteroatoms. The molecule has 0 saturated heterocycles. The first-order chi connectivity index (χ1) is 11.5. The van der Waals surface area contributed by atoms with Crippen LogP contribution < -0.4 is 24.0 Å². The summed E-state index contributed by atoms with van der Waals surface area (Å²) in [5.74, 6) is 0. The van der Waals surface area contributed by atoms with E-state index in [-0.39, 0.29) is 15.0 Å². The monoisotopic (exact) mass is 397 g/mol. The molecule has 1 aliphatic rings. The SMILES string of the molecule is Cc1ccc2c(c1-c1cccc[n+]1C)[Se]c1ncccc1[Si]2(C)C. The first kappa shape index (κ1) is 15.8. The number of hydrogen-bond donors (Lipinski definition) is 0. The molecular weight excluding hydrogens is 375 g/mol. The fourth-order valence-electron chi connectivity index (χ4n) is 3.57. The third-order valence-corrected chi connectivity index (χ3v) is 11.7. The van der Waals surface area contributed by atoms with Gasteiger partial charge in [0.2, 0.25) is 0 Å². The Morgan fingerprint density at radius 1 is 1.00 bits per heavy atom. The number of hydrogen-bond acceptors (Lipinski definition) is 1. The van der Waals surface area contributed by atoms with Crippen LogP contribution in [0.25, 0.3) is 11.3 Å². The van der Waals surface area contributed by atoms with E-state index in [0.29, 0.717) is 0 Å². The molecule has 0 bridgehead atoms. The van der Waals surface area contributed by atoms with Crippen molar-refractivity contribution < 1.29 is 4.57 Å². The van der Waals surface area contributed by atoms with Gasteiger partial charge in [0.05, 0.1) is 0 Å². The van der Waals surface area contributed by atoms with Crippen molar-refractivity contribution in [3.05, 3.63) is 60.4 Å². The van der Waals surface area contributed by atoms with Crippen LogP contribution in [0, 0.1) is 6.92 Å². The summed E-state index contributed by atoms with van der Waals surface area (Å²) in [5, 5.41) is 3.11. The van der Waals surface area contributed by atoms with Gasteiger partial charge in [-0.2, -0.15) is 0 Å². The maximum absolute atomic E-state index is 4.76. The van der Waals surface area contributed by atoms with Gasteiger partial charge in [-0.25, -0.2) is 0 Å². The molecule has 0 N–H and O–H groups in total. The van der Waals surface area contributed by atoms with Crippen molar-refractivity contribution >= 4 is 42.5 Å². The van der Waals surface area contributed by atoms with Crippen LogP contribution in [0.4, 0.5) is 0 Å². The molecule has 1 aromatic carbocycles. The van der Waals surface area contributed by atoms with Gasteiger partial charge in [-0.15, -0.1) is 0 Å². The molecule has 2 nitrogen and oxygen atoms in total. The van der Waals surface area contributed by atoms with Crippen LogP contribution in [0.1, 0.15) is 5.56 Å². The Bertz CT molecular complexity index is 950. The molecular formula is C20H21N2SeSi+. The van der Waals surface area contributed by atoms with Crippen LogP contribution in [-0.2, 0) is 7.05 Å². The second-order valence-corrected chi connectivity index (χ2v) is 13.3. The molecule has 3 heterocycles. The topological polar surface area (TPSA) is 16.8 Å². The van der Waals surface area contributed by atoms with E-state index in [2.05, 4.69) is 80.3 Å². The van der Waals surface area contributed by atoms with Gasteiger partial charge in [-0.05, 0) is 0 Å². The first-order valence-electron chi connectivity index (χ1n) is 8.22. The molecule has 0 unspecified atom stereocenters. The summed E-state index contributed by atoms with van der Waals surface area (Å²) in [4.78, 5) is 4.76. The van der Waals surface area contributed by atoms with E-state index in [1.165, 1.54) is 26.6 Å². The Balaban J connectivity index is 2.03. The molecule has 0 saturated carbocycles. The van der Waals surface area contributed by atoms with E-state index in [0.717, 1.165) is 0 Å². The number of fused-ring (bicyclic) bond motifs is 2. The molecule has 0 atom stereocenters. The van der Waals surface area contributed by atoms with Gasteiger partial charge in [-0.3, -0.25) is 0 Å². The molecule has 24 heavy (non-hydrogen) atoms. The molecule has 0 spiro atoms. The van der Waals surface area contributed by atoms with Crippen molar-refractivity contribution in [2.75, 3.05) is 0 Å². The number of aryl methyl sites for hydroxylation is 2. The van der Waals surface area contributed by atoms with Gasteiger partial charge in [0.25, 0.3) is 0 Å². The zero-order valence-corrected chi connectivity index (χ0v) is 17.2. The van der Waals surface area contributed by atoms with Gasteiger partial charge in [0.15, 0.2) is 0 Å². The average molecular weight is 396 g/mol. The summed E-state index contributed by atoms with van der Waals surface area (Å²) in [7, 11) is 0.445. The Kier molecular flexibility index (Phi) is 3.72. The summed E-state index contributed by atoms with van der Waals surface area (Å²) < 4.78 is 5.12. The second-order valence-electron chi connectivity index (χ2n) is 6.91. The van der Waals surface area contributed by atoms with E-state index < -0.39 is 8.07 Å². The predicted molar refractivity (Wildman–Crippen MR) is 104 cm³/mol. The normalized spacial score (nSPS) is 14.8. The van der Waals surface area contributed by atoms with Crippen molar-refractivity contribution in [2.24, 2.45) is 7.05 Å². The van der Waals surface area contributed by atoms with Crippen molar-refractivity contribution in [2.45, 2.75) is 20.0 Å². The first-order valence-corrected chi connectivity index (χ1v) is 12.9. The molecule has 0 amide bonds. The molecule has 4 rings (SSSR count). The van der Waals surface area contributed by atoms with Crippen molar-refractivity contribution in [3.63, 3.8) is 0 Å².